The van der Waals surface area contributed by atoms with Crippen LogP contribution in [0, 0.1) is 10.1 Å². The average molecular weight is 327 g/mol. The molecule has 0 atom stereocenters. The molecule has 21 heavy (non-hydrogen) atoms. The third-order valence-electron chi connectivity index (χ3n) is 2.91. The highest BCUT2D eigenvalue weighted by atomic mass is 35.5. The predicted octanol–water partition coefficient (Wildman–Crippen LogP) is 3.94. The summed E-state index contributed by atoms with van der Waals surface area (Å²) in [4.78, 5) is 10.5. The highest BCUT2D eigenvalue weighted by Crippen LogP contribution is 2.28. The minimum atomic E-state index is -0.494. The van der Waals surface area contributed by atoms with E-state index in [4.69, 9.17) is 33.7 Å². The van der Waals surface area contributed by atoms with E-state index in [1.165, 1.54) is 6.07 Å². The molecule has 0 aromatic heterocycles. The molecule has 5 nitrogen and oxygen atoms in total. The van der Waals surface area contributed by atoms with Crippen molar-refractivity contribution in [3.63, 3.8) is 0 Å². The first-order chi connectivity index (χ1) is 10.0. The number of hydrogen-bond donors (Lipinski definition) is 1. The molecule has 0 aliphatic carbocycles. The normalized spacial score (nSPS) is 10.4. The SMILES string of the molecule is NCc1c(Cl)cccc1OCc1ccc(Cl)cc1[N+](=O)[O-]. The van der Waals surface area contributed by atoms with E-state index in [0.717, 1.165) is 0 Å². The van der Waals surface area contributed by atoms with Crippen molar-refractivity contribution in [1.82, 2.24) is 0 Å². The number of nitrogens with two attached hydrogens (primary N) is 1. The fraction of sp³-hybridized carbons (Fsp3) is 0.143. The molecule has 0 aliphatic rings. The predicted molar refractivity (Wildman–Crippen MR) is 81.8 cm³/mol. The zero-order chi connectivity index (χ0) is 15.4. The molecule has 0 aliphatic heterocycles. The van der Waals surface area contributed by atoms with E-state index in [1.54, 1.807) is 30.3 Å². The lowest BCUT2D eigenvalue weighted by molar-refractivity contribution is -0.385. The summed E-state index contributed by atoms with van der Waals surface area (Å²) in [5, 5.41) is 11.8. The van der Waals surface area contributed by atoms with Crippen LogP contribution >= 0.6 is 23.2 Å². The van der Waals surface area contributed by atoms with E-state index >= 15 is 0 Å². The Morgan fingerprint density at radius 1 is 1.24 bits per heavy atom. The van der Waals surface area contributed by atoms with Crippen LogP contribution in [0.3, 0.4) is 0 Å². The zero-order valence-electron chi connectivity index (χ0n) is 10.9. The van der Waals surface area contributed by atoms with Crippen LogP contribution in [-0.4, -0.2) is 4.92 Å². The van der Waals surface area contributed by atoms with Gasteiger partial charge in [0.2, 0.25) is 0 Å². The van der Waals surface area contributed by atoms with E-state index in [9.17, 15) is 10.1 Å². The van der Waals surface area contributed by atoms with E-state index in [1.807, 2.05) is 0 Å². The standard InChI is InChI=1S/C14H12Cl2N2O3/c15-10-5-4-9(13(6-10)18(19)20)8-21-14-3-1-2-12(16)11(14)7-17/h1-6H,7-8,17H2. The number of halogens is 2. The van der Waals surface area contributed by atoms with Crippen molar-refractivity contribution >= 4 is 28.9 Å². The second-order valence-corrected chi connectivity index (χ2v) is 5.08. The molecule has 2 rings (SSSR count). The lowest BCUT2D eigenvalue weighted by atomic mass is 10.2. The number of nitrogens with zero attached hydrogens (tertiary/aromatic N) is 1. The minimum Gasteiger partial charge on any atom is -0.488 e. The molecular weight excluding hydrogens is 315 g/mol. The maximum Gasteiger partial charge on any atom is 0.277 e. The van der Waals surface area contributed by atoms with Gasteiger partial charge in [0.05, 0.1) is 10.5 Å². The summed E-state index contributed by atoms with van der Waals surface area (Å²) in [6.45, 7) is 0.249. The van der Waals surface area contributed by atoms with Gasteiger partial charge in [-0.05, 0) is 24.3 Å². The van der Waals surface area contributed by atoms with Gasteiger partial charge < -0.3 is 10.5 Å². The zero-order valence-corrected chi connectivity index (χ0v) is 12.4. The molecule has 0 spiro atoms. The van der Waals surface area contributed by atoms with Crippen molar-refractivity contribution in [2.75, 3.05) is 0 Å². The Morgan fingerprint density at radius 2 is 2.00 bits per heavy atom. The van der Waals surface area contributed by atoms with Gasteiger partial charge in [0.25, 0.3) is 5.69 Å². The maximum absolute atomic E-state index is 11.0. The Labute approximate surface area is 131 Å². The van der Waals surface area contributed by atoms with Crippen LogP contribution in [0.4, 0.5) is 5.69 Å². The van der Waals surface area contributed by atoms with Crippen molar-refractivity contribution in [2.45, 2.75) is 13.2 Å². The number of nitro benzene ring substituents is 1. The van der Waals surface area contributed by atoms with E-state index in [0.29, 0.717) is 26.9 Å². The summed E-state index contributed by atoms with van der Waals surface area (Å²) in [6.07, 6.45) is 0. The molecule has 0 radical (unpaired) electrons. The van der Waals surface area contributed by atoms with Crippen LogP contribution in [0.15, 0.2) is 36.4 Å². The molecule has 0 heterocycles. The van der Waals surface area contributed by atoms with Crippen LogP contribution in [0.5, 0.6) is 5.75 Å². The number of hydrogen-bond acceptors (Lipinski definition) is 4. The van der Waals surface area contributed by atoms with Gasteiger partial charge in [0.1, 0.15) is 12.4 Å². The number of rotatable bonds is 5. The third-order valence-corrected chi connectivity index (χ3v) is 3.50. The fourth-order valence-electron chi connectivity index (χ4n) is 1.86. The van der Waals surface area contributed by atoms with Crippen molar-refractivity contribution in [3.8, 4) is 5.75 Å². The van der Waals surface area contributed by atoms with E-state index in [-0.39, 0.29) is 18.8 Å². The quantitative estimate of drug-likeness (QED) is 0.666. The van der Waals surface area contributed by atoms with Gasteiger partial charge >= 0.3 is 0 Å². The van der Waals surface area contributed by atoms with Crippen LogP contribution < -0.4 is 10.5 Å². The molecular formula is C14H12Cl2N2O3. The largest absolute Gasteiger partial charge is 0.488 e. The molecule has 0 amide bonds. The van der Waals surface area contributed by atoms with Crippen molar-refractivity contribution in [3.05, 3.63) is 67.7 Å². The third kappa shape index (κ3) is 3.64. The van der Waals surface area contributed by atoms with Crippen molar-refractivity contribution in [1.29, 1.82) is 0 Å². The van der Waals surface area contributed by atoms with Gasteiger partial charge in [-0.15, -0.1) is 0 Å². The van der Waals surface area contributed by atoms with E-state index in [2.05, 4.69) is 0 Å². The summed E-state index contributed by atoms with van der Waals surface area (Å²) in [5.74, 6) is 0.509. The molecule has 0 saturated heterocycles. The van der Waals surface area contributed by atoms with Crippen molar-refractivity contribution < 1.29 is 9.66 Å². The topological polar surface area (TPSA) is 78.4 Å². The van der Waals surface area contributed by atoms with Gasteiger partial charge in [-0.25, -0.2) is 0 Å². The number of benzene rings is 2. The first kappa shape index (κ1) is 15.6. The summed E-state index contributed by atoms with van der Waals surface area (Å²) < 4.78 is 5.61. The first-order valence-corrected chi connectivity index (χ1v) is 6.81. The first-order valence-electron chi connectivity index (χ1n) is 6.06. The molecule has 0 fully saturated rings. The molecule has 2 aromatic carbocycles. The Kier molecular flexibility index (Phi) is 5.01. The van der Waals surface area contributed by atoms with Crippen LogP contribution in [-0.2, 0) is 13.2 Å². The Morgan fingerprint density at radius 3 is 2.67 bits per heavy atom. The van der Waals surface area contributed by atoms with Gasteiger partial charge in [0.15, 0.2) is 0 Å². The van der Waals surface area contributed by atoms with Crippen LogP contribution in [0.25, 0.3) is 0 Å². The summed E-state index contributed by atoms with van der Waals surface area (Å²) in [7, 11) is 0. The Balaban J connectivity index is 2.25. The molecule has 7 heteroatoms. The highest BCUT2D eigenvalue weighted by molar-refractivity contribution is 6.31. The van der Waals surface area contributed by atoms with Gasteiger partial charge in [-0.1, -0.05) is 29.3 Å². The van der Waals surface area contributed by atoms with Gasteiger partial charge in [-0.3, -0.25) is 10.1 Å². The maximum atomic E-state index is 11.0. The molecule has 0 bridgehead atoms. The fourth-order valence-corrected chi connectivity index (χ4v) is 2.27. The lowest BCUT2D eigenvalue weighted by Crippen LogP contribution is -2.05. The summed E-state index contributed by atoms with van der Waals surface area (Å²) in [6, 6.07) is 9.59. The smallest absolute Gasteiger partial charge is 0.277 e. The Hall–Kier alpha value is -1.82. The van der Waals surface area contributed by atoms with E-state index < -0.39 is 4.92 Å². The van der Waals surface area contributed by atoms with Gasteiger partial charge in [0, 0.05) is 28.2 Å². The number of ether oxygens (including phenoxy) is 1. The number of nitro groups is 1. The molecule has 110 valence electrons. The summed E-state index contributed by atoms with van der Waals surface area (Å²) in [5.41, 5.74) is 6.63. The van der Waals surface area contributed by atoms with Crippen molar-refractivity contribution in [2.24, 2.45) is 5.73 Å². The minimum absolute atomic E-state index is 0.0286. The second kappa shape index (κ2) is 6.76. The molecule has 0 unspecified atom stereocenters. The monoisotopic (exact) mass is 326 g/mol. The molecule has 2 aromatic rings. The van der Waals surface area contributed by atoms with Crippen LogP contribution in [0.2, 0.25) is 10.0 Å². The van der Waals surface area contributed by atoms with Crippen LogP contribution in [0.1, 0.15) is 11.1 Å². The highest BCUT2D eigenvalue weighted by Gasteiger charge is 2.15. The Bertz CT molecular complexity index is 677. The summed E-state index contributed by atoms with van der Waals surface area (Å²) >= 11 is 11.8. The van der Waals surface area contributed by atoms with Gasteiger partial charge in [-0.2, -0.15) is 0 Å². The lowest BCUT2D eigenvalue weighted by Gasteiger charge is -2.12. The molecule has 0 saturated carbocycles. The average Bonchev–Trinajstić information content (AvgIpc) is 2.45. The second-order valence-electron chi connectivity index (χ2n) is 4.24. The molecule has 2 N–H and O–H groups in total.